The van der Waals surface area contributed by atoms with E-state index in [1.807, 2.05) is 0 Å². The van der Waals surface area contributed by atoms with Crippen molar-refractivity contribution in [3.63, 3.8) is 0 Å². The SMILES string of the molecule is CCCCCCCCCCCCCCCCOC(=O)c1ncn2c1N=NN(C)C2O. The summed E-state index contributed by atoms with van der Waals surface area (Å²) in [5.41, 5.74) is 0.0938. The zero-order chi connectivity index (χ0) is 21.6. The zero-order valence-electron chi connectivity index (χ0n) is 18.8. The lowest BCUT2D eigenvalue weighted by molar-refractivity contribution is -0.0491. The van der Waals surface area contributed by atoms with E-state index < -0.39 is 12.3 Å². The molecule has 1 aliphatic rings. The Kier molecular flexibility index (Phi) is 11.4. The number of aromatic nitrogens is 2. The number of imidazole rings is 1. The number of fused-ring (bicyclic) bond motifs is 1. The number of rotatable bonds is 16. The number of carbonyl (C=O) groups is 1. The second-order valence-corrected chi connectivity index (χ2v) is 8.17. The Morgan fingerprint density at radius 3 is 2.07 bits per heavy atom. The third-order valence-corrected chi connectivity index (χ3v) is 5.56. The summed E-state index contributed by atoms with van der Waals surface area (Å²) < 4.78 is 6.69. The summed E-state index contributed by atoms with van der Waals surface area (Å²) in [6.45, 7) is 2.64. The number of carbonyl (C=O) groups excluding carboxylic acids is 1. The summed E-state index contributed by atoms with van der Waals surface area (Å²) in [5, 5.41) is 19.0. The predicted octanol–water partition coefficient (Wildman–Crippen LogP) is 5.91. The van der Waals surface area contributed by atoms with Gasteiger partial charge in [-0.25, -0.2) is 14.8 Å². The minimum atomic E-state index is -1.02. The Bertz CT molecular complexity index is 647. The fraction of sp³-hybridized carbons (Fsp3) is 0.818. The molecule has 0 aromatic carbocycles. The molecular formula is C22H39N5O3. The van der Waals surface area contributed by atoms with Gasteiger partial charge >= 0.3 is 5.97 Å². The van der Waals surface area contributed by atoms with E-state index in [0.29, 0.717) is 6.61 Å². The van der Waals surface area contributed by atoms with Crippen molar-refractivity contribution >= 4 is 11.8 Å². The number of unbranched alkanes of at least 4 members (excludes halogenated alkanes) is 13. The Labute approximate surface area is 180 Å². The Morgan fingerprint density at radius 2 is 1.50 bits per heavy atom. The van der Waals surface area contributed by atoms with Crippen LogP contribution < -0.4 is 0 Å². The maximum Gasteiger partial charge on any atom is 0.360 e. The first kappa shape index (κ1) is 24.3. The van der Waals surface area contributed by atoms with Gasteiger partial charge in [-0.3, -0.25) is 4.57 Å². The average molecular weight is 422 g/mol. The quantitative estimate of drug-likeness (QED) is 0.264. The second-order valence-electron chi connectivity index (χ2n) is 8.17. The van der Waals surface area contributed by atoms with Gasteiger partial charge in [0, 0.05) is 7.05 Å². The fourth-order valence-corrected chi connectivity index (χ4v) is 3.64. The highest BCUT2D eigenvalue weighted by molar-refractivity contribution is 5.91. The molecule has 30 heavy (non-hydrogen) atoms. The van der Waals surface area contributed by atoms with Gasteiger partial charge in [-0.05, 0) is 6.42 Å². The van der Waals surface area contributed by atoms with Gasteiger partial charge in [0.05, 0.1) is 6.61 Å². The molecule has 0 bridgehead atoms. The van der Waals surface area contributed by atoms with E-state index in [1.165, 1.54) is 93.0 Å². The van der Waals surface area contributed by atoms with E-state index in [9.17, 15) is 9.90 Å². The van der Waals surface area contributed by atoms with Crippen molar-refractivity contribution in [2.45, 2.75) is 103 Å². The zero-order valence-corrected chi connectivity index (χ0v) is 18.8. The minimum Gasteiger partial charge on any atom is -0.461 e. The highest BCUT2D eigenvalue weighted by Crippen LogP contribution is 2.28. The number of esters is 1. The Hall–Kier alpha value is -1.96. The van der Waals surface area contributed by atoms with Crippen molar-refractivity contribution in [1.82, 2.24) is 14.6 Å². The van der Waals surface area contributed by atoms with Crippen molar-refractivity contribution < 1.29 is 14.6 Å². The van der Waals surface area contributed by atoms with Crippen LogP contribution in [0.25, 0.3) is 0 Å². The van der Waals surface area contributed by atoms with Gasteiger partial charge in [-0.1, -0.05) is 95.6 Å². The van der Waals surface area contributed by atoms with Crippen LogP contribution in [-0.4, -0.2) is 39.3 Å². The molecular weight excluding hydrogens is 382 g/mol. The van der Waals surface area contributed by atoms with Crippen molar-refractivity contribution in [2.24, 2.45) is 10.3 Å². The normalized spacial score (nSPS) is 15.4. The second kappa shape index (κ2) is 14.1. The van der Waals surface area contributed by atoms with E-state index in [0.717, 1.165) is 12.8 Å². The van der Waals surface area contributed by atoms with E-state index in [4.69, 9.17) is 4.74 Å². The van der Waals surface area contributed by atoms with Gasteiger partial charge in [0.2, 0.25) is 6.35 Å². The number of hydrogen-bond acceptors (Lipinski definition) is 7. The van der Waals surface area contributed by atoms with Gasteiger partial charge in [-0.2, -0.15) is 0 Å². The van der Waals surface area contributed by atoms with Crippen LogP contribution in [0.1, 0.15) is 114 Å². The van der Waals surface area contributed by atoms with E-state index in [-0.39, 0.29) is 11.5 Å². The first-order chi connectivity index (χ1) is 14.6. The molecule has 1 aromatic rings. The van der Waals surface area contributed by atoms with Crippen LogP contribution in [0.4, 0.5) is 5.82 Å². The highest BCUT2D eigenvalue weighted by atomic mass is 16.5. The first-order valence-corrected chi connectivity index (χ1v) is 11.7. The molecule has 0 spiro atoms. The Balaban J connectivity index is 1.44. The summed E-state index contributed by atoms with van der Waals surface area (Å²) in [6, 6.07) is 0. The van der Waals surface area contributed by atoms with E-state index >= 15 is 0 Å². The third kappa shape index (κ3) is 8.05. The molecule has 1 aliphatic heterocycles. The largest absolute Gasteiger partial charge is 0.461 e. The maximum absolute atomic E-state index is 12.2. The monoisotopic (exact) mass is 421 g/mol. The summed E-state index contributed by atoms with van der Waals surface area (Å²) in [4.78, 5) is 16.2. The summed E-state index contributed by atoms with van der Waals surface area (Å²) in [7, 11) is 1.59. The van der Waals surface area contributed by atoms with E-state index in [2.05, 4.69) is 22.2 Å². The smallest absolute Gasteiger partial charge is 0.360 e. The van der Waals surface area contributed by atoms with Gasteiger partial charge < -0.3 is 9.84 Å². The molecule has 2 rings (SSSR count). The van der Waals surface area contributed by atoms with Crippen LogP contribution in [0.5, 0.6) is 0 Å². The molecule has 1 N–H and O–H groups in total. The lowest BCUT2D eigenvalue weighted by Gasteiger charge is -2.24. The standard InChI is InChI=1S/C22H39N5O3/c1-3-4-5-6-7-8-9-10-11-12-13-14-15-16-17-30-21(28)19-20-24-25-26(2)22(29)27(20)18-23-19/h18,22,29H,3-17H2,1-2H3. The van der Waals surface area contributed by atoms with Gasteiger partial charge in [0.1, 0.15) is 6.33 Å². The van der Waals surface area contributed by atoms with Crippen LogP contribution in [-0.2, 0) is 4.74 Å². The van der Waals surface area contributed by atoms with Gasteiger partial charge in [-0.15, -0.1) is 5.11 Å². The number of aliphatic hydroxyl groups excluding tert-OH is 1. The molecule has 2 heterocycles. The van der Waals surface area contributed by atoms with Gasteiger partial charge in [0.15, 0.2) is 11.5 Å². The van der Waals surface area contributed by atoms with Gasteiger partial charge in [0.25, 0.3) is 0 Å². The molecule has 1 aromatic heterocycles. The molecule has 170 valence electrons. The average Bonchev–Trinajstić information content (AvgIpc) is 3.18. The molecule has 0 amide bonds. The molecule has 8 nitrogen and oxygen atoms in total. The molecule has 8 heteroatoms. The number of ether oxygens (including phenoxy) is 1. The molecule has 0 saturated heterocycles. The number of aliphatic hydroxyl groups is 1. The molecule has 0 saturated carbocycles. The maximum atomic E-state index is 12.2. The number of nitrogens with zero attached hydrogens (tertiary/aromatic N) is 5. The van der Waals surface area contributed by atoms with Crippen molar-refractivity contribution in [1.29, 1.82) is 0 Å². The molecule has 1 atom stereocenters. The van der Waals surface area contributed by atoms with E-state index in [1.54, 1.807) is 7.05 Å². The number of hydrogen-bond donors (Lipinski definition) is 1. The lowest BCUT2D eigenvalue weighted by atomic mass is 10.0. The third-order valence-electron chi connectivity index (χ3n) is 5.56. The highest BCUT2D eigenvalue weighted by Gasteiger charge is 2.27. The molecule has 1 unspecified atom stereocenters. The van der Waals surface area contributed by atoms with Crippen LogP contribution in [0, 0.1) is 0 Å². The van der Waals surface area contributed by atoms with Crippen LogP contribution in [0.2, 0.25) is 0 Å². The van der Waals surface area contributed by atoms with Crippen molar-refractivity contribution in [2.75, 3.05) is 13.7 Å². The predicted molar refractivity (Wildman–Crippen MR) is 116 cm³/mol. The van der Waals surface area contributed by atoms with Crippen LogP contribution in [0.3, 0.4) is 0 Å². The van der Waals surface area contributed by atoms with Crippen molar-refractivity contribution in [3.05, 3.63) is 12.0 Å². The van der Waals surface area contributed by atoms with Crippen molar-refractivity contribution in [3.8, 4) is 0 Å². The van der Waals surface area contributed by atoms with Crippen LogP contribution >= 0.6 is 0 Å². The molecule has 0 aliphatic carbocycles. The summed E-state index contributed by atoms with van der Waals surface area (Å²) in [5.74, 6) is -0.291. The molecule has 0 radical (unpaired) electrons. The summed E-state index contributed by atoms with van der Waals surface area (Å²) in [6.07, 6.45) is 18.4. The lowest BCUT2D eigenvalue weighted by Crippen LogP contribution is -2.26. The Morgan fingerprint density at radius 1 is 0.967 bits per heavy atom. The van der Waals surface area contributed by atoms with Crippen LogP contribution in [0.15, 0.2) is 16.7 Å². The molecule has 0 fully saturated rings. The topological polar surface area (TPSA) is 92.3 Å². The minimum absolute atomic E-state index is 0.0938. The fourth-order valence-electron chi connectivity index (χ4n) is 3.64. The first-order valence-electron chi connectivity index (χ1n) is 11.7. The summed E-state index contributed by atoms with van der Waals surface area (Å²) >= 11 is 0.